The minimum Gasteiger partial charge on any atom is -0.491 e. The summed E-state index contributed by atoms with van der Waals surface area (Å²) in [5.41, 5.74) is -2.26. The van der Waals surface area contributed by atoms with Crippen LogP contribution in [0.15, 0.2) is 46.2 Å². The van der Waals surface area contributed by atoms with E-state index in [1.165, 1.54) is 46.9 Å². The molecule has 15 nitrogen and oxygen atoms in total. The molecule has 1 aromatic carbocycles. The predicted octanol–water partition coefficient (Wildman–Crippen LogP) is 3.34. The van der Waals surface area contributed by atoms with Crippen LogP contribution in [0.1, 0.15) is 76.5 Å². The van der Waals surface area contributed by atoms with E-state index in [1.807, 2.05) is 24.3 Å². The highest BCUT2D eigenvalue weighted by molar-refractivity contribution is 7.91. The number of sulfonamides is 1. The smallest absolute Gasteiger partial charge is 0.333 e. The molecule has 52 heavy (non-hydrogen) atoms. The first-order chi connectivity index (χ1) is 24.7. The molecule has 280 valence electrons. The number of fused-ring (bicyclic) bond motifs is 3. The highest BCUT2D eigenvalue weighted by Gasteiger charge is 2.52. The maximum Gasteiger partial charge on any atom is 0.333 e. The van der Waals surface area contributed by atoms with E-state index in [0.717, 1.165) is 17.4 Å². The van der Waals surface area contributed by atoms with Crippen LogP contribution in [0.3, 0.4) is 0 Å². The van der Waals surface area contributed by atoms with Crippen molar-refractivity contribution in [2.45, 2.75) is 107 Å². The number of ether oxygens (including phenoxy) is 4. The van der Waals surface area contributed by atoms with Gasteiger partial charge < -0.3 is 18.9 Å². The highest BCUT2D eigenvalue weighted by Crippen LogP contribution is 2.43. The molecule has 2 saturated heterocycles. The van der Waals surface area contributed by atoms with E-state index in [2.05, 4.69) is 14.9 Å². The summed E-state index contributed by atoms with van der Waals surface area (Å²) < 4.78 is 54.0. The molecule has 2 bridgehead atoms. The van der Waals surface area contributed by atoms with Gasteiger partial charge in [0.05, 0.1) is 54.0 Å². The van der Waals surface area contributed by atoms with Crippen LogP contribution in [0.5, 0.6) is 5.75 Å². The zero-order chi connectivity index (χ0) is 37.0. The molecular formula is C35H44N6O9S2. The average molecular weight is 757 g/mol. The summed E-state index contributed by atoms with van der Waals surface area (Å²) in [7, 11) is -2.48. The van der Waals surface area contributed by atoms with Crippen molar-refractivity contribution in [3.8, 4) is 10.8 Å². The molecule has 3 fully saturated rings. The van der Waals surface area contributed by atoms with Gasteiger partial charge in [0.1, 0.15) is 33.8 Å². The molecule has 5 heterocycles. The molecule has 3 atom stereocenters. The summed E-state index contributed by atoms with van der Waals surface area (Å²) in [5, 5.41) is 9.24. The van der Waals surface area contributed by atoms with E-state index in [4.69, 9.17) is 18.9 Å². The van der Waals surface area contributed by atoms with Crippen LogP contribution in [0, 0.1) is 6.92 Å². The summed E-state index contributed by atoms with van der Waals surface area (Å²) in [5.74, 6) is -0.436. The monoisotopic (exact) mass is 756 g/mol. The number of rotatable bonds is 14. The second-order valence-electron chi connectivity index (χ2n) is 14.6. The summed E-state index contributed by atoms with van der Waals surface area (Å²) in [6, 6.07) is 7.44. The Labute approximate surface area is 304 Å². The van der Waals surface area contributed by atoms with Gasteiger partial charge in [0.15, 0.2) is 0 Å². The summed E-state index contributed by atoms with van der Waals surface area (Å²) >= 11 is 1.17. The topological polar surface area (TPSA) is 175 Å². The molecule has 4 aromatic rings. The first-order valence-electron chi connectivity index (χ1n) is 17.5. The van der Waals surface area contributed by atoms with Crippen LogP contribution in [0.25, 0.3) is 15.2 Å². The number of hydrogen-bond acceptors (Lipinski definition) is 12. The fourth-order valence-electron chi connectivity index (χ4n) is 7.06. The largest absolute Gasteiger partial charge is 0.491 e. The summed E-state index contributed by atoms with van der Waals surface area (Å²) in [4.78, 5) is 44.9. The number of aromatic nitrogens is 5. The average Bonchev–Trinajstić information content (AvgIpc) is 3.38. The molecule has 7 rings (SSSR count). The van der Waals surface area contributed by atoms with Gasteiger partial charge >= 0.3 is 5.69 Å². The molecule has 1 amide bonds. The van der Waals surface area contributed by atoms with Crippen LogP contribution in [-0.4, -0.2) is 81.8 Å². The number of nitrogens with one attached hydrogen (secondary N) is 1. The van der Waals surface area contributed by atoms with Crippen LogP contribution in [0.4, 0.5) is 0 Å². The van der Waals surface area contributed by atoms with Crippen LogP contribution < -0.4 is 20.7 Å². The zero-order valence-corrected chi connectivity index (χ0v) is 31.5. The normalized spacial score (nSPS) is 21.7. The Hall–Kier alpha value is -3.90. The lowest BCUT2D eigenvalue weighted by Gasteiger charge is -2.33. The van der Waals surface area contributed by atoms with Crippen molar-refractivity contribution >= 4 is 37.5 Å². The molecule has 2 aliphatic heterocycles. The van der Waals surface area contributed by atoms with Crippen LogP contribution in [-0.2, 0) is 41.1 Å². The van der Waals surface area contributed by atoms with Crippen LogP contribution >= 0.6 is 11.3 Å². The van der Waals surface area contributed by atoms with Crippen molar-refractivity contribution in [3.05, 3.63) is 68.6 Å². The van der Waals surface area contributed by atoms with Gasteiger partial charge in [-0.15, -0.1) is 4.80 Å². The number of para-hydroxylation sites is 1. The van der Waals surface area contributed by atoms with E-state index in [9.17, 15) is 22.8 Å². The van der Waals surface area contributed by atoms with E-state index >= 15 is 0 Å². The molecule has 1 aliphatic carbocycles. The molecule has 17 heteroatoms. The maximum absolute atomic E-state index is 14.8. The van der Waals surface area contributed by atoms with Gasteiger partial charge in [0, 0.05) is 18.2 Å². The maximum atomic E-state index is 14.8. The van der Waals surface area contributed by atoms with E-state index in [0.29, 0.717) is 59.0 Å². The van der Waals surface area contributed by atoms with E-state index in [-0.39, 0.29) is 36.8 Å². The molecule has 1 saturated carbocycles. The van der Waals surface area contributed by atoms with Crippen molar-refractivity contribution < 1.29 is 32.2 Å². The Balaban J connectivity index is 1.38. The van der Waals surface area contributed by atoms with Crippen molar-refractivity contribution in [2.75, 3.05) is 20.3 Å². The molecule has 0 unspecified atom stereocenters. The lowest BCUT2D eigenvalue weighted by molar-refractivity contribution is -0.126. The number of thiophene rings is 1. The second kappa shape index (κ2) is 13.8. The van der Waals surface area contributed by atoms with Gasteiger partial charge in [-0.25, -0.2) is 17.8 Å². The first kappa shape index (κ1) is 36.5. The van der Waals surface area contributed by atoms with Crippen molar-refractivity contribution in [1.82, 2.24) is 28.9 Å². The molecule has 0 radical (unpaired) electrons. The Morgan fingerprint density at radius 3 is 2.44 bits per heavy atom. The van der Waals surface area contributed by atoms with Gasteiger partial charge in [0.25, 0.3) is 11.5 Å². The number of amides is 1. The van der Waals surface area contributed by atoms with Gasteiger partial charge in [-0.05, 0) is 72.3 Å². The quantitative estimate of drug-likeness (QED) is 0.187. The van der Waals surface area contributed by atoms with Gasteiger partial charge in [-0.2, -0.15) is 10.2 Å². The minimum atomic E-state index is -4.07. The molecule has 1 N–H and O–H groups in total. The van der Waals surface area contributed by atoms with Crippen LogP contribution in [0.2, 0.25) is 0 Å². The second-order valence-corrected chi connectivity index (χ2v) is 17.7. The fraction of sp³-hybridized carbons (Fsp3) is 0.571. The Bertz CT molecular complexity index is 2190. The van der Waals surface area contributed by atoms with E-state index in [1.54, 1.807) is 21.0 Å². The van der Waals surface area contributed by atoms with Crippen molar-refractivity contribution in [3.63, 3.8) is 0 Å². The number of carbonyl (C=O) groups excluding carboxylic acids is 1. The SMILES string of the molecule is COCCOc1ccccc1[C@H](Cn1c(=O)n(C(C)(C)C(=O)NS(=O)(=O)C2(C)CC2)c(=O)c2c(C)c(-n3nccn3)sc21)OC1C[C@H]2CC[C@H](C1)O2. The minimum absolute atomic E-state index is 0.0625. The summed E-state index contributed by atoms with van der Waals surface area (Å²) in [6.45, 7) is 6.61. The Morgan fingerprint density at radius 2 is 1.79 bits per heavy atom. The van der Waals surface area contributed by atoms with Gasteiger partial charge in [-0.3, -0.25) is 18.9 Å². The third-order valence-electron chi connectivity index (χ3n) is 10.5. The number of methoxy groups -OCH3 is 1. The molecule has 3 aliphatic rings. The third kappa shape index (κ3) is 6.61. The number of benzene rings is 1. The van der Waals surface area contributed by atoms with Crippen molar-refractivity contribution in [1.29, 1.82) is 0 Å². The number of aryl methyl sites for hydroxylation is 1. The molecular weight excluding hydrogens is 713 g/mol. The first-order valence-corrected chi connectivity index (χ1v) is 19.8. The predicted molar refractivity (Wildman–Crippen MR) is 193 cm³/mol. The highest BCUT2D eigenvalue weighted by atomic mass is 32.2. The molecule has 0 spiro atoms. The zero-order valence-electron chi connectivity index (χ0n) is 29.9. The lowest BCUT2D eigenvalue weighted by atomic mass is 10.0. The third-order valence-corrected chi connectivity index (χ3v) is 13.9. The Morgan fingerprint density at radius 1 is 1.12 bits per heavy atom. The number of hydrogen-bond donors (Lipinski definition) is 1. The Kier molecular flexibility index (Phi) is 9.69. The van der Waals surface area contributed by atoms with Crippen molar-refractivity contribution in [2.24, 2.45) is 0 Å². The summed E-state index contributed by atoms with van der Waals surface area (Å²) in [6.07, 6.45) is 6.39. The van der Waals surface area contributed by atoms with Gasteiger partial charge in [-0.1, -0.05) is 29.5 Å². The molecule has 3 aromatic heterocycles. The van der Waals surface area contributed by atoms with Gasteiger partial charge in [0.2, 0.25) is 10.0 Å². The number of nitrogens with zero attached hydrogens (tertiary/aromatic N) is 5. The standard InChI is InChI=1S/C35H44N6O9S2/c1-21-28-29(42)40(34(2,3)32(43)38-52(45,46)35(4)12-13-35)33(44)39(31(28)51-30(21)41-36-14-15-37-41)20-27(50-24-18-22-10-11-23(19-24)49-22)25-8-6-7-9-26(25)48-17-16-47-5/h6-9,14-15,22-24,27H,10-13,16-20H2,1-5H3,(H,38,43)/t22-,23-,27+/m1/s1. The number of carbonyl (C=O) groups is 1. The fourth-order valence-corrected chi connectivity index (χ4v) is 9.66. The van der Waals surface area contributed by atoms with E-state index < -0.39 is 43.6 Å². The lowest BCUT2D eigenvalue weighted by Crippen LogP contribution is -2.57.